The van der Waals surface area contributed by atoms with Crippen molar-refractivity contribution in [2.45, 2.75) is 39.8 Å². The Kier molecular flexibility index (Phi) is 7.45. The summed E-state index contributed by atoms with van der Waals surface area (Å²) in [5.74, 6) is 1.47. The molecule has 0 bridgehead atoms. The number of rotatable bonds is 9. The second-order valence-electron chi connectivity index (χ2n) is 5.22. The van der Waals surface area contributed by atoms with Crippen molar-refractivity contribution in [2.24, 2.45) is 5.92 Å². The lowest BCUT2D eigenvalue weighted by Crippen LogP contribution is -2.19. The van der Waals surface area contributed by atoms with Crippen LogP contribution in [-0.4, -0.2) is 31.3 Å². The molecule has 0 aliphatic rings. The second-order valence-corrected chi connectivity index (χ2v) is 5.22. The van der Waals surface area contributed by atoms with Crippen molar-refractivity contribution in [2.75, 3.05) is 20.3 Å². The number of hydrogen-bond acceptors (Lipinski definition) is 4. The molecule has 4 heteroatoms. The Morgan fingerprint density at radius 2 is 2.05 bits per heavy atom. The third-order valence-corrected chi connectivity index (χ3v) is 2.72. The standard InChI is InChI=1S/C15H26N2O2/c1-12(2)9-16-10-14-5-6-15(11-17-14)19-13(3)7-8-18-4/h5-6,11-13,16H,7-10H2,1-4H3. The quantitative estimate of drug-likeness (QED) is 0.746. The van der Waals surface area contributed by atoms with E-state index in [1.165, 1.54) is 0 Å². The van der Waals surface area contributed by atoms with Crippen molar-refractivity contribution in [3.05, 3.63) is 24.0 Å². The molecular weight excluding hydrogens is 240 g/mol. The number of aromatic nitrogens is 1. The molecule has 1 rings (SSSR count). The van der Waals surface area contributed by atoms with Crippen molar-refractivity contribution >= 4 is 0 Å². The van der Waals surface area contributed by atoms with Crippen LogP contribution in [-0.2, 0) is 11.3 Å². The topological polar surface area (TPSA) is 43.4 Å². The Labute approximate surface area is 116 Å². The summed E-state index contributed by atoms with van der Waals surface area (Å²) in [6.07, 6.45) is 2.82. The molecule has 0 saturated carbocycles. The van der Waals surface area contributed by atoms with Gasteiger partial charge < -0.3 is 14.8 Å². The van der Waals surface area contributed by atoms with Gasteiger partial charge in [-0.15, -0.1) is 0 Å². The van der Waals surface area contributed by atoms with Crippen LogP contribution in [0.1, 0.15) is 32.9 Å². The van der Waals surface area contributed by atoms with E-state index < -0.39 is 0 Å². The van der Waals surface area contributed by atoms with Crippen molar-refractivity contribution in [3.8, 4) is 5.75 Å². The molecule has 19 heavy (non-hydrogen) atoms. The van der Waals surface area contributed by atoms with Crippen molar-refractivity contribution < 1.29 is 9.47 Å². The zero-order valence-corrected chi connectivity index (χ0v) is 12.5. The molecule has 1 heterocycles. The Morgan fingerprint density at radius 3 is 2.63 bits per heavy atom. The van der Waals surface area contributed by atoms with Gasteiger partial charge in [0.25, 0.3) is 0 Å². The molecule has 0 aliphatic carbocycles. The highest BCUT2D eigenvalue weighted by atomic mass is 16.5. The highest BCUT2D eigenvalue weighted by Crippen LogP contribution is 2.12. The first-order valence-electron chi connectivity index (χ1n) is 6.93. The first kappa shape index (κ1) is 15.9. The van der Waals surface area contributed by atoms with Gasteiger partial charge in [-0.2, -0.15) is 0 Å². The van der Waals surface area contributed by atoms with E-state index in [-0.39, 0.29) is 6.10 Å². The predicted octanol–water partition coefficient (Wildman–Crippen LogP) is 2.63. The molecule has 1 N–H and O–H groups in total. The minimum Gasteiger partial charge on any atom is -0.489 e. The summed E-state index contributed by atoms with van der Waals surface area (Å²) in [6.45, 7) is 8.95. The van der Waals surface area contributed by atoms with Gasteiger partial charge in [-0.1, -0.05) is 13.8 Å². The van der Waals surface area contributed by atoms with Gasteiger partial charge in [-0.25, -0.2) is 0 Å². The summed E-state index contributed by atoms with van der Waals surface area (Å²) in [7, 11) is 1.70. The Bertz CT molecular complexity index is 339. The van der Waals surface area contributed by atoms with E-state index in [4.69, 9.17) is 9.47 Å². The third-order valence-electron chi connectivity index (χ3n) is 2.72. The molecule has 1 aromatic heterocycles. The summed E-state index contributed by atoms with van der Waals surface area (Å²) in [4.78, 5) is 4.39. The smallest absolute Gasteiger partial charge is 0.138 e. The molecule has 4 nitrogen and oxygen atoms in total. The van der Waals surface area contributed by atoms with Crippen LogP contribution in [0.15, 0.2) is 18.3 Å². The maximum atomic E-state index is 5.75. The summed E-state index contributed by atoms with van der Waals surface area (Å²) in [5, 5.41) is 3.37. The summed E-state index contributed by atoms with van der Waals surface area (Å²) >= 11 is 0. The lowest BCUT2D eigenvalue weighted by atomic mass is 10.2. The van der Waals surface area contributed by atoms with E-state index >= 15 is 0 Å². The first-order chi connectivity index (χ1) is 9.11. The fraction of sp³-hybridized carbons (Fsp3) is 0.667. The molecule has 0 radical (unpaired) electrons. The number of methoxy groups -OCH3 is 1. The van der Waals surface area contributed by atoms with Gasteiger partial charge in [-0.05, 0) is 31.5 Å². The van der Waals surface area contributed by atoms with E-state index in [0.29, 0.717) is 12.5 Å². The van der Waals surface area contributed by atoms with E-state index in [0.717, 1.165) is 31.0 Å². The van der Waals surface area contributed by atoms with Crippen molar-refractivity contribution in [3.63, 3.8) is 0 Å². The van der Waals surface area contributed by atoms with Crippen molar-refractivity contribution in [1.29, 1.82) is 0 Å². The van der Waals surface area contributed by atoms with E-state index in [1.54, 1.807) is 13.3 Å². The highest BCUT2D eigenvalue weighted by molar-refractivity contribution is 5.20. The van der Waals surface area contributed by atoms with Gasteiger partial charge in [0, 0.05) is 26.7 Å². The van der Waals surface area contributed by atoms with E-state index in [9.17, 15) is 0 Å². The minimum absolute atomic E-state index is 0.145. The lowest BCUT2D eigenvalue weighted by Gasteiger charge is -2.14. The number of nitrogens with zero attached hydrogens (tertiary/aromatic N) is 1. The molecule has 0 aliphatic heterocycles. The monoisotopic (exact) mass is 266 g/mol. The first-order valence-corrected chi connectivity index (χ1v) is 6.93. The van der Waals surface area contributed by atoms with Crippen molar-refractivity contribution in [1.82, 2.24) is 10.3 Å². The highest BCUT2D eigenvalue weighted by Gasteiger charge is 2.04. The van der Waals surface area contributed by atoms with Crippen LogP contribution in [0.3, 0.4) is 0 Å². The van der Waals surface area contributed by atoms with Crippen LogP contribution in [0, 0.1) is 5.92 Å². The predicted molar refractivity (Wildman–Crippen MR) is 77.4 cm³/mol. The van der Waals surface area contributed by atoms with E-state index in [1.807, 2.05) is 19.1 Å². The van der Waals surface area contributed by atoms with Crippen LogP contribution in [0.25, 0.3) is 0 Å². The van der Waals surface area contributed by atoms with Gasteiger partial charge in [0.2, 0.25) is 0 Å². The van der Waals surface area contributed by atoms with Crippen LogP contribution in [0.4, 0.5) is 0 Å². The molecule has 1 atom stereocenters. The maximum absolute atomic E-state index is 5.75. The molecule has 0 amide bonds. The van der Waals surface area contributed by atoms with Crippen LogP contribution < -0.4 is 10.1 Å². The largest absolute Gasteiger partial charge is 0.489 e. The average Bonchev–Trinajstić information content (AvgIpc) is 2.38. The van der Waals surface area contributed by atoms with Crippen LogP contribution in [0.5, 0.6) is 5.75 Å². The third kappa shape index (κ3) is 7.13. The molecule has 108 valence electrons. The maximum Gasteiger partial charge on any atom is 0.138 e. The number of hydrogen-bond donors (Lipinski definition) is 1. The molecule has 0 aromatic carbocycles. The van der Waals surface area contributed by atoms with Gasteiger partial charge in [0.15, 0.2) is 0 Å². The number of pyridine rings is 1. The van der Waals surface area contributed by atoms with Gasteiger partial charge in [0.05, 0.1) is 18.0 Å². The molecular formula is C15H26N2O2. The molecule has 0 spiro atoms. The summed E-state index contributed by atoms with van der Waals surface area (Å²) in [5.41, 5.74) is 1.04. The Hall–Kier alpha value is -1.13. The fourth-order valence-electron chi connectivity index (χ4n) is 1.65. The Balaban J connectivity index is 2.34. The number of nitrogens with one attached hydrogen (secondary N) is 1. The van der Waals surface area contributed by atoms with Gasteiger partial charge in [0.1, 0.15) is 5.75 Å². The SMILES string of the molecule is COCCC(C)Oc1ccc(CNCC(C)C)nc1. The minimum atomic E-state index is 0.145. The summed E-state index contributed by atoms with van der Waals surface area (Å²) in [6, 6.07) is 3.98. The molecule has 0 saturated heterocycles. The average molecular weight is 266 g/mol. The molecule has 0 fully saturated rings. The zero-order chi connectivity index (χ0) is 14.1. The Morgan fingerprint density at radius 1 is 1.26 bits per heavy atom. The molecule has 1 unspecified atom stereocenters. The summed E-state index contributed by atoms with van der Waals surface area (Å²) < 4.78 is 10.8. The lowest BCUT2D eigenvalue weighted by molar-refractivity contribution is 0.135. The zero-order valence-electron chi connectivity index (χ0n) is 12.5. The van der Waals surface area contributed by atoms with Crippen LogP contribution in [0.2, 0.25) is 0 Å². The van der Waals surface area contributed by atoms with E-state index in [2.05, 4.69) is 24.1 Å². The molecule has 1 aromatic rings. The van der Waals surface area contributed by atoms with Crippen LogP contribution >= 0.6 is 0 Å². The van der Waals surface area contributed by atoms with Gasteiger partial charge >= 0.3 is 0 Å². The number of ether oxygens (including phenoxy) is 2. The fourth-order valence-corrected chi connectivity index (χ4v) is 1.65. The van der Waals surface area contributed by atoms with Gasteiger partial charge in [-0.3, -0.25) is 4.98 Å². The second kappa shape index (κ2) is 8.88. The normalized spacial score (nSPS) is 12.7.